The summed E-state index contributed by atoms with van der Waals surface area (Å²) in [6, 6.07) is 10.2. The highest BCUT2D eigenvalue weighted by atomic mass is 16.3. The zero-order valence-corrected chi connectivity index (χ0v) is 14.5. The Bertz CT molecular complexity index is 575. The summed E-state index contributed by atoms with van der Waals surface area (Å²) in [4.78, 5) is 16.7. The number of aliphatic hydroxyl groups excluding tert-OH is 1. The molecule has 0 radical (unpaired) electrons. The van der Waals surface area contributed by atoms with E-state index in [1.165, 1.54) is 5.56 Å². The average molecular weight is 328 g/mol. The van der Waals surface area contributed by atoms with Crippen molar-refractivity contribution in [3.63, 3.8) is 0 Å². The lowest BCUT2D eigenvalue weighted by molar-refractivity contribution is -0.127. The van der Waals surface area contributed by atoms with Crippen LogP contribution < -0.4 is 0 Å². The molecular weight excluding hydrogens is 300 g/mol. The van der Waals surface area contributed by atoms with Crippen LogP contribution in [0.3, 0.4) is 0 Å². The molecule has 1 aromatic rings. The Labute approximate surface area is 144 Å². The lowest BCUT2D eigenvalue weighted by atomic mass is 9.77. The first kappa shape index (κ1) is 17.2. The van der Waals surface area contributed by atoms with Gasteiger partial charge in [0.05, 0.1) is 6.10 Å². The first-order valence-corrected chi connectivity index (χ1v) is 8.96. The largest absolute Gasteiger partial charge is 0.392 e. The highest BCUT2D eigenvalue weighted by Crippen LogP contribution is 2.40. The van der Waals surface area contributed by atoms with E-state index in [0.717, 1.165) is 39.0 Å². The number of nitrogens with zero attached hydrogens (tertiary/aromatic N) is 2. The van der Waals surface area contributed by atoms with Gasteiger partial charge in [-0.2, -0.15) is 0 Å². The topological polar surface area (TPSA) is 43.8 Å². The molecule has 1 N–H and O–H groups in total. The number of β-amino-alcohol motifs (C(OH)–C–C–N with tert-alkyl or cyclic N) is 1. The SMILES string of the molecule is C[C@@H](O)CN1CCC2(CC1)CC(=O)N(C/C=C/c1ccccc1)C2. The molecule has 2 heterocycles. The predicted octanol–water partition coefficient (Wildman–Crippen LogP) is 2.40. The van der Waals surface area contributed by atoms with Gasteiger partial charge >= 0.3 is 0 Å². The number of hydrogen-bond acceptors (Lipinski definition) is 3. The van der Waals surface area contributed by atoms with E-state index in [1.807, 2.05) is 30.0 Å². The van der Waals surface area contributed by atoms with Crippen molar-refractivity contribution >= 4 is 12.0 Å². The summed E-state index contributed by atoms with van der Waals surface area (Å²) in [6.07, 6.45) is 6.71. The fourth-order valence-corrected chi connectivity index (χ4v) is 3.95. The van der Waals surface area contributed by atoms with Gasteiger partial charge in [-0.3, -0.25) is 4.79 Å². The van der Waals surface area contributed by atoms with Crippen LogP contribution in [0.25, 0.3) is 6.08 Å². The van der Waals surface area contributed by atoms with Gasteiger partial charge < -0.3 is 14.9 Å². The number of hydrogen-bond donors (Lipinski definition) is 1. The van der Waals surface area contributed by atoms with Crippen LogP contribution in [0.5, 0.6) is 0 Å². The molecule has 24 heavy (non-hydrogen) atoms. The number of benzene rings is 1. The third-order valence-electron chi connectivity index (χ3n) is 5.28. The normalized spacial score (nSPS) is 22.6. The van der Waals surface area contributed by atoms with E-state index in [1.54, 1.807) is 0 Å². The highest BCUT2D eigenvalue weighted by Gasteiger charge is 2.44. The van der Waals surface area contributed by atoms with Crippen LogP contribution in [0.2, 0.25) is 0 Å². The minimum atomic E-state index is -0.274. The van der Waals surface area contributed by atoms with Crippen LogP contribution >= 0.6 is 0 Å². The Morgan fingerprint density at radius 1 is 1.25 bits per heavy atom. The molecular formula is C20H28N2O2. The van der Waals surface area contributed by atoms with Crippen LogP contribution in [0.15, 0.2) is 36.4 Å². The zero-order valence-electron chi connectivity index (χ0n) is 14.5. The third kappa shape index (κ3) is 4.25. The van der Waals surface area contributed by atoms with Crippen LogP contribution in [0.4, 0.5) is 0 Å². The molecule has 1 atom stereocenters. The van der Waals surface area contributed by atoms with Gasteiger partial charge in [0.2, 0.25) is 5.91 Å². The van der Waals surface area contributed by atoms with Gasteiger partial charge in [0, 0.05) is 26.1 Å². The molecule has 130 valence electrons. The van der Waals surface area contributed by atoms with E-state index in [0.29, 0.717) is 13.0 Å². The predicted molar refractivity (Wildman–Crippen MR) is 96.5 cm³/mol. The Morgan fingerprint density at radius 3 is 2.62 bits per heavy atom. The standard InChI is InChI=1S/C20H28N2O2/c1-17(23)15-21-12-9-20(10-13-21)14-19(24)22(16-20)11-5-8-18-6-3-2-4-7-18/h2-8,17,23H,9-16H2,1H3/b8-5+/t17-/m1/s1. The fourth-order valence-electron chi connectivity index (χ4n) is 3.95. The number of likely N-dealkylation sites (tertiary alicyclic amines) is 2. The summed E-state index contributed by atoms with van der Waals surface area (Å²) in [5, 5.41) is 9.53. The fraction of sp³-hybridized carbons (Fsp3) is 0.550. The number of amides is 1. The van der Waals surface area contributed by atoms with Crippen LogP contribution in [0.1, 0.15) is 31.7 Å². The number of carbonyl (C=O) groups is 1. The molecule has 0 aliphatic carbocycles. The van der Waals surface area contributed by atoms with E-state index >= 15 is 0 Å². The molecule has 1 spiro atoms. The maximum atomic E-state index is 12.4. The number of aliphatic hydroxyl groups is 1. The van der Waals surface area contributed by atoms with Crippen molar-refractivity contribution in [1.82, 2.24) is 9.80 Å². The molecule has 2 saturated heterocycles. The summed E-state index contributed by atoms with van der Waals surface area (Å²) in [7, 11) is 0. The van der Waals surface area contributed by atoms with Gasteiger partial charge in [-0.25, -0.2) is 0 Å². The minimum Gasteiger partial charge on any atom is -0.392 e. The molecule has 1 aromatic carbocycles. The van der Waals surface area contributed by atoms with Crippen molar-refractivity contribution in [2.45, 2.75) is 32.3 Å². The van der Waals surface area contributed by atoms with Crippen molar-refractivity contribution in [2.75, 3.05) is 32.7 Å². The van der Waals surface area contributed by atoms with Crippen LogP contribution in [-0.2, 0) is 4.79 Å². The molecule has 1 amide bonds. The average Bonchev–Trinajstić information content (AvgIpc) is 2.86. The number of carbonyl (C=O) groups excluding carboxylic acids is 1. The summed E-state index contributed by atoms with van der Waals surface area (Å²) < 4.78 is 0. The molecule has 0 aromatic heterocycles. The van der Waals surface area contributed by atoms with E-state index in [-0.39, 0.29) is 17.4 Å². The number of rotatable bonds is 5. The van der Waals surface area contributed by atoms with Crippen molar-refractivity contribution in [3.05, 3.63) is 42.0 Å². The molecule has 2 aliphatic rings. The third-order valence-corrected chi connectivity index (χ3v) is 5.28. The molecule has 0 saturated carbocycles. The molecule has 0 bridgehead atoms. The van der Waals surface area contributed by atoms with Gasteiger partial charge in [0.15, 0.2) is 0 Å². The lowest BCUT2D eigenvalue weighted by Gasteiger charge is -2.39. The molecule has 2 aliphatic heterocycles. The second-order valence-corrected chi connectivity index (χ2v) is 7.41. The summed E-state index contributed by atoms with van der Waals surface area (Å²) in [5.41, 5.74) is 1.33. The maximum absolute atomic E-state index is 12.4. The van der Waals surface area contributed by atoms with E-state index in [2.05, 4.69) is 29.2 Å². The molecule has 0 unspecified atom stereocenters. The van der Waals surface area contributed by atoms with Gasteiger partial charge in [-0.15, -0.1) is 0 Å². The van der Waals surface area contributed by atoms with Crippen molar-refractivity contribution < 1.29 is 9.90 Å². The van der Waals surface area contributed by atoms with E-state index in [4.69, 9.17) is 0 Å². The Hall–Kier alpha value is -1.65. The van der Waals surface area contributed by atoms with Crippen molar-refractivity contribution in [3.8, 4) is 0 Å². The Balaban J connectivity index is 1.52. The maximum Gasteiger partial charge on any atom is 0.223 e. The van der Waals surface area contributed by atoms with Crippen molar-refractivity contribution in [2.24, 2.45) is 5.41 Å². The second-order valence-electron chi connectivity index (χ2n) is 7.41. The lowest BCUT2D eigenvalue weighted by Crippen LogP contribution is -2.43. The van der Waals surface area contributed by atoms with Gasteiger partial charge in [-0.1, -0.05) is 42.5 Å². The Morgan fingerprint density at radius 2 is 1.96 bits per heavy atom. The van der Waals surface area contributed by atoms with E-state index in [9.17, 15) is 9.90 Å². The quantitative estimate of drug-likeness (QED) is 0.903. The first-order chi connectivity index (χ1) is 11.6. The highest BCUT2D eigenvalue weighted by molar-refractivity contribution is 5.79. The summed E-state index contributed by atoms with van der Waals surface area (Å²) in [5.74, 6) is 0.289. The number of piperidine rings is 1. The smallest absolute Gasteiger partial charge is 0.223 e. The van der Waals surface area contributed by atoms with Crippen molar-refractivity contribution in [1.29, 1.82) is 0 Å². The van der Waals surface area contributed by atoms with Gasteiger partial charge in [0.1, 0.15) is 0 Å². The summed E-state index contributed by atoms with van der Waals surface area (Å²) in [6.45, 7) is 6.15. The molecule has 4 nitrogen and oxygen atoms in total. The molecule has 4 heteroatoms. The van der Waals surface area contributed by atoms with Gasteiger partial charge in [0.25, 0.3) is 0 Å². The molecule has 3 rings (SSSR count). The van der Waals surface area contributed by atoms with Crippen LogP contribution in [0, 0.1) is 5.41 Å². The van der Waals surface area contributed by atoms with E-state index < -0.39 is 0 Å². The monoisotopic (exact) mass is 328 g/mol. The van der Waals surface area contributed by atoms with Gasteiger partial charge in [-0.05, 0) is 43.8 Å². The molecule has 2 fully saturated rings. The second kappa shape index (κ2) is 7.49. The first-order valence-electron chi connectivity index (χ1n) is 8.96. The Kier molecular flexibility index (Phi) is 5.36. The summed E-state index contributed by atoms with van der Waals surface area (Å²) >= 11 is 0. The zero-order chi connectivity index (χ0) is 17.0. The minimum absolute atomic E-state index is 0.160. The van der Waals surface area contributed by atoms with Crippen LogP contribution in [-0.4, -0.2) is 59.6 Å².